The Hall–Kier alpha value is -2.09. The Bertz CT molecular complexity index is 990. The summed E-state index contributed by atoms with van der Waals surface area (Å²) in [5.41, 5.74) is 1.68. The van der Waals surface area contributed by atoms with E-state index >= 15 is 0 Å². The molecule has 6 nitrogen and oxygen atoms in total. The van der Waals surface area contributed by atoms with Crippen LogP contribution in [-0.4, -0.2) is 45.3 Å². The first-order chi connectivity index (χ1) is 16.8. The summed E-state index contributed by atoms with van der Waals surface area (Å²) in [7, 11) is 0. The third kappa shape index (κ3) is 8.49. The summed E-state index contributed by atoms with van der Waals surface area (Å²) in [5.74, 6) is -1.60. The van der Waals surface area contributed by atoms with Crippen LogP contribution in [0.4, 0.5) is 0 Å². The monoisotopic (exact) mass is 517 g/mol. The van der Waals surface area contributed by atoms with E-state index in [0.29, 0.717) is 12.8 Å². The van der Waals surface area contributed by atoms with E-state index < -0.39 is 35.6 Å². The minimum absolute atomic E-state index is 0.106. The molecule has 0 aliphatic carbocycles. The molecule has 1 aromatic heterocycles. The lowest BCUT2D eigenvalue weighted by atomic mass is 9.73. The standard InChI is InChI=1S/C29H43NO5S/c1-18-11-9-8-10-12-19(2)27(33)21(4)28(34)29(6,7)25(31)16-26(32)35-24(14-13-18)20(3)15-23-17-36-22(5)30-23/h8,10,13,15,17,19,21,24-25,27,31,33H,9,11-12,14,16H2,1-7H3/b10-8+,18-13-,20-15+/t19-,21+,24-,25-,27-/m0/s1. The molecule has 2 heterocycles. The lowest BCUT2D eigenvalue weighted by molar-refractivity contribution is -0.154. The molecule has 7 heteroatoms. The van der Waals surface area contributed by atoms with Gasteiger partial charge >= 0.3 is 5.97 Å². The third-order valence-electron chi connectivity index (χ3n) is 7.19. The Morgan fingerprint density at radius 2 is 1.86 bits per heavy atom. The molecule has 0 radical (unpaired) electrons. The number of thiazole rings is 1. The van der Waals surface area contributed by atoms with E-state index in [9.17, 15) is 19.8 Å². The minimum Gasteiger partial charge on any atom is -0.457 e. The summed E-state index contributed by atoms with van der Waals surface area (Å²) in [6.07, 6.45) is 8.25. The summed E-state index contributed by atoms with van der Waals surface area (Å²) < 4.78 is 5.84. The van der Waals surface area contributed by atoms with Crippen molar-refractivity contribution in [2.24, 2.45) is 17.3 Å². The van der Waals surface area contributed by atoms with Gasteiger partial charge in [0.2, 0.25) is 0 Å². The summed E-state index contributed by atoms with van der Waals surface area (Å²) >= 11 is 1.56. The quantitative estimate of drug-likeness (QED) is 0.379. The number of hydrogen-bond donors (Lipinski definition) is 2. The average Bonchev–Trinajstić information content (AvgIpc) is 3.23. The molecule has 2 rings (SSSR count). The number of ether oxygens (including phenoxy) is 1. The SMILES string of the molecule is C/C1=C/C[C@@H](/C(C)=C/c2csc(C)n2)OC(=O)C[C@H](O)C(C)(C)C(=O)[C@H](C)[C@@H](O)[C@@H](C)C/C=C/CC1. The topological polar surface area (TPSA) is 96.7 Å². The number of carbonyl (C=O) groups is 2. The van der Waals surface area contributed by atoms with Crippen molar-refractivity contribution in [3.63, 3.8) is 0 Å². The number of rotatable bonds is 2. The number of allylic oxidation sites excluding steroid dienone is 3. The number of hydrogen-bond acceptors (Lipinski definition) is 7. The van der Waals surface area contributed by atoms with Gasteiger partial charge in [-0.3, -0.25) is 9.59 Å². The zero-order valence-corrected chi connectivity index (χ0v) is 23.6. The highest BCUT2D eigenvalue weighted by molar-refractivity contribution is 7.09. The van der Waals surface area contributed by atoms with E-state index in [2.05, 4.69) is 30.1 Å². The summed E-state index contributed by atoms with van der Waals surface area (Å²) in [6.45, 7) is 12.8. The van der Waals surface area contributed by atoms with Gasteiger partial charge in [-0.15, -0.1) is 11.3 Å². The van der Waals surface area contributed by atoms with Crippen molar-refractivity contribution in [3.8, 4) is 0 Å². The third-order valence-corrected chi connectivity index (χ3v) is 7.98. The van der Waals surface area contributed by atoms with Crippen molar-refractivity contribution in [2.75, 3.05) is 0 Å². The van der Waals surface area contributed by atoms with Gasteiger partial charge in [0, 0.05) is 17.7 Å². The van der Waals surface area contributed by atoms with E-state index in [1.54, 1.807) is 32.1 Å². The number of aliphatic hydroxyl groups is 2. The van der Waals surface area contributed by atoms with Crippen LogP contribution in [0.1, 0.15) is 84.3 Å². The van der Waals surface area contributed by atoms with Gasteiger partial charge in [0.25, 0.3) is 0 Å². The van der Waals surface area contributed by atoms with Crippen molar-refractivity contribution in [1.29, 1.82) is 0 Å². The zero-order valence-electron chi connectivity index (χ0n) is 22.8. The predicted molar refractivity (Wildman–Crippen MR) is 145 cm³/mol. The normalized spacial score (nSPS) is 32.1. The van der Waals surface area contributed by atoms with Crippen LogP contribution in [0.2, 0.25) is 0 Å². The Morgan fingerprint density at radius 3 is 2.50 bits per heavy atom. The van der Waals surface area contributed by atoms with Crippen LogP contribution in [0.3, 0.4) is 0 Å². The Morgan fingerprint density at radius 1 is 1.17 bits per heavy atom. The number of carbonyl (C=O) groups excluding carboxylic acids is 2. The molecule has 0 aromatic carbocycles. The van der Waals surface area contributed by atoms with E-state index in [0.717, 1.165) is 29.1 Å². The van der Waals surface area contributed by atoms with Gasteiger partial charge in [-0.1, -0.05) is 51.5 Å². The van der Waals surface area contributed by atoms with Crippen molar-refractivity contribution < 1.29 is 24.5 Å². The second kappa shape index (κ2) is 13.5. The first-order valence-electron chi connectivity index (χ1n) is 12.8. The van der Waals surface area contributed by atoms with E-state index in [4.69, 9.17) is 4.74 Å². The number of nitrogens with zero attached hydrogens (tertiary/aromatic N) is 1. The van der Waals surface area contributed by atoms with Gasteiger partial charge in [0.1, 0.15) is 11.9 Å². The van der Waals surface area contributed by atoms with Crippen LogP contribution in [0.15, 0.2) is 34.8 Å². The second-order valence-electron chi connectivity index (χ2n) is 10.8. The number of ketones is 1. The van der Waals surface area contributed by atoms with Crippen molar-refractivity contribution in [2.45, 2.75) is 98.9 Å². The molecule has 5 atom stereocenters. The van der Waals surface area contributed by atoms with Crippen LogP contribution in [0.5, 0.6) is 0 Å². The highest BCUT2D eigenvalue weighted by Gasteiger charge is 2.42. The van der Waals surface area contributed by atoms with Gasteiger partial charge in [0.05, 0.1) is 34.7 Å². The molecule has 0 saturated carbocycles. The maximum absolute atomic E-state index is 13.2. The fourth-order valence-corrected chi connectivity index (χ4v) is 4.98. The lowest BCUT2D eigenvalue weighted by Crippen LogP contribution is -2.45. The molecule has 2 N–H and O–H groups in total. The maximum atomic E-state index is 13.2. The fourth-order valence-electron chi connectivity index (χ4n) is 4.41. The van der Waals surface area contributed by atoms with Gasteiger partial charge in [-0.2, -0.15) is 0 Å². The molecule has 0 spiro atoms. The summed E-state index contributed by atoms with van der Waals surface area (Å²) in [5, 5.41) is 24.6. The first kappa shape index (κ1) is 30.1. The maximum Gasteiger partial charge on any atom is 0.309 e. The highest BCUT2D eigenvalue weighted by Crippen LogP contribution is 2.32. The van der Waals surface area contributed by atoms with Crippen molar-refractivity contribution in [1.82, 2.24) is 4.98 Å². The van der Waals surface area contributed by atoms with Gasteiger partial charge < -0.3 is 14.9 Å². The smallest absolute Gasteiger partial charge is 0.309 e. The Labute approximate surface area is 220 Å². The molecular weight excluding hydrogens is 474 g/mol. The van der Waals surface area contributed by atoms with Crippen LogP contribution >= 0.6 is 11.3 Å². The molecular formula is C29H43NO5S. The lowest BCUT2D eigenvalue weighted by Gasteiger charge is -2.34. The second-order valence-corrected chi connectivity index (χ2v) is 11.8. The minimum atomic E-state index is -1.23. The highest BCUT2D eigenvalue weighted by atomic mass is 32.1. The molecule has 1 aliphatic heterocycles. The van der Waals surface area contributed by atoms with Gasteiger partial charge in [-0.25, -0.2) is 4.98 Å². The summed E-state index contributed by atoms with van der Waals surface area (Å²) in [4.78, 5) is 30.6. The largest absolute Gasteiger partial charge is 0.457 e. The molecule has 1 aliphatic rings. The Balaban J connectivity index is 2.33. The van der Waals surface area contributed by atoms with Gasteiger partial charge in [-0.05, 0) is 57.6 Å². The molecule has 0 unspecified atom stereocenters. The number of esters is 1. The molecule has 0 amide bonds. The molecule has 200 valence electrons. The number of Topliss-reactive ketones (excluding diaryl/α,β-unsaturated/α-hetero) is 1. The number of aliphatic hydroxyl groups excluding tert-OH is 2. The molecule has 0 bridgehead atoms. The van der Waals surface area contributed by atoms with Crippen LogP contribution < -0.4 is 0 Å². The number of aryl methyl sites for hydroxylation is 1. The molecule has 1 aromatic rings. The van der Waals surface area contributed by atoms with Crippen LogP contribution in [0, 0.1) is 24.2 Å². The van der Waals surface area contributed by atoms with E-state index in [1.807, 2.05) is 32.2 Å². The van der Waals surface area contributed by atoms with Crippen molar-refractivity contribution >= 4 is 29.2 Å². The van der Waals surface area contributed by atoms with Crippen LogP contribution in [-0.2, 0) is 14.3 Å². The first-order valence-corrected chi connectivity index (χ1v) is 13.7. The zero-order chi connectivity index (χ0) is 27.0. The Kier molecular flexibility index (Phi) is 11.3. The van der Waals surface area contributed by atoms with E-state index in [-0.39, 0.29) is 18.1 Å². The predicted octanol–water partition coefficient (Wildman–Crippen LogP) is 5.82. The molecule has 36 heavy (non-hydrogen) atoms. The number of cyclic esters (lactones) is 1. The summed E-state index contributed by atoms with van der Waals surface area (Å²) in [6, 6.07) is 0. The molecule has 0 fully saturated rings. The number of aromatic nitrogens is 1. The van der Waals surface area contributed by atoms with Gasteiger partial charge in [0.15, 0.2) is 0 Å². The fraction of sp³-hybridized carbons (Fsp3) is 0.621. The molecule has 0 saturated heterocycles. The van der Waals surface area contributed by atoms with E-state index in [1.165, 1.54) is 5.57 Å². The van der Waals surface area contributed by atoms with Crippen molar-refractivity contribution in [3.05, 3.63) is 45.5 Å². The average molecular weight is 518 g/mol. The van der Waals surface area contributed by atoms with Crippen LogP contribution in [0.25, 0.3) is 6.08 Å².